The Bertz CT molecular complexity index is 1710. The predicted molar refractivity (Wildman–Crippen MR) is 150 cm³/mol. The number of ether oxygens (including phenoxy) is 3. The zero-order valence-corrected chi connectivity index (χ0v) is 23.2. The molecule has 1 atom stereocenters. The Morgan fingerprint density at radius 1 is 0.953 bits per heavy atom. The molecule has 10 nitrogen and oxygen atoms in total. The van der Waals surface area contributed by atoms with Gasteiger partial charge in [-0.15, -0.1) is 0 Å². The van der Waals surface area contributed by atoms with Crippen LogP contribution < -0.4 is 24.4 Å². The second-order valence-electron chi connectivity index (χ2n) is 9.42. The molecule has 5 rings (SSSR count). The number of carbonyl (C=O) groups excluding carboxylic acids is 3. The number of nitrogens with one attached hydrogen (secondary N) is 1. The van der Waals surface area contributed by atoms with Crippen LogP contribution in [0.5, 0.6) is 23.0 Å². The van der Waals surface area contributed by atoms with Crippen molar-refractivity contribution in [3.63, 3.8) is 0 Å². The Kier molecular flexibility index (Phi) is 8.06. The zero-order valence-electron chi connectivity index (χ0n) is 23.2. The summed E-state index contributed by atoms with van der Waals surface area (Å²) in [6.45, 7) is 1.58. The lowest BCUT2D eigenvalue weighted by Crippen LogP contribution is -2.59. The number of hydrogen-bond donors (Lipinski definition) is 1. The van der Waals surface area contributed by atoms with E-state index >= 15 is 8.78 Å². The lowest BCUT2D eigenvalue weighted by Gasteiger charge is -2.37. The third-order valence-electron chi connectivity index (χ3n) is 6.85. The van der Waals surface area contributed by atoms with Gasteiger partial charge in [-0.2, -0.15) is 0 Å². The molecule has 0 aliphatic carbocycles. The fourth-order valence-corrected chi connectivity index (χ4v) is 4.66. The van der Waals surface area contributed by atoms with Gasteiger partial charge in [0, 0.05) is 48.6 Å². The van der Waals surface area contributed by atoms with Crippen molar-refractivity contribution in [2.45, 2.75) is 6.92 Å². The highest BCUT2D eigenvalue weighted by molar-refractivity contribution is 6.23. The van der Waals surface area contributed by atoms with Crippen LogP contribution in [0.2, 0.25) is 0 Å². The number of aromatic nitrogens is 1. The van der Waals surface area contributed by atoms with Crippen molar-refractivity contribution in [1.29, 1.82) is 0 Å². The first-order valence-electron chi connectivity index (χ1n) is 13.0. The summed E-state index contributed by atoms with van der Waals surface area (Å²) in [6, 6.07) is 10.2. The Morgan fingerprint density at radius 2 is 1.60 bits per heavy atom. The number of amides is 4. The van der Waals surface area contributed by atoms with Crippen molar-refractivity contribution >= 4 is 40.1 Å². The SMILES string of the molecule is CCN1CC(C(=O)Nc2cc(F)c(Oc3ccnc4cc(OC)c(OC)cc34)c(F)c2)C(=O)N(c2ccc(F)cc2)C1=O. The number of hydrogen-bond acceptors (Lipinski definition) is 7. The van der Waals surface area contributed by atoms with E-state index in [1.54, 1.807) is 19.1 Å². The minimum atomic E-state index is -1.40. The first kappa shape index (κ1) is 29.2. The van der Waals surface area contributed by atoms with Crippen LogP contribution in [0.3, 0.4) is 0 Å². The number of imide groups is 1. The number of methoxy groups -OCH3 is 2. The van der Waals surface area contributed by atoms with Gasteiger partial charge in [-0.3, -0.25) is 14.6 Å². The number of carbonyl (C=O) groups is 3. The predicted octanol–water partition coefficient (Wildman–Crippen LogP) is 5.51. The standard InChI is InChI=1S/C30H25F3N4O6/c1-4-36-15-20(29(39)37(30(36)40)18-7-5-16(31)6-8-18)28(38)35-17-11-21(32)27(22(33)12-17)43-24-9-10-34-23-14-26(42-3)25(41-2)13-19(23)24/h5-14,20H,4,15H2,1-3H3,(H,35,38). The van der Waals surface area contributed by atoms with E-state index in [-0.39, 0.29) is 30.2 Å². The summed E-state index contributed by atoms with van der Waals surface area (Å²) in [5, 5.41) is 2.75. The van der Waals surface area contributed by atoms with Crippen LogP contribution in [-0.2, 0) is 9.59 Å². The smallest absolute Gasteiger partial charge is 0.331 e. The van der Waals surface area contributed by atoms with Gasteiger partial charge in [0.25, 0.3) is 0 Å². The first-order chi connectivity index (χ1) is 20.6. The molecular formula is C30H25F3N4O6. The zero-order chi connectivity index (χ0) is 30.8. The number of urea groups is 1. The lowest BCUT2D eigenvalue weighted by atomic mass is 10.0. The lowest BCUT2D eigenvalue weighted by molar-refractivity contribution is -0.132. The maximum absolute atomic E-state index is 15.2. The summed E-state index contributed by atoms with van der Waals surface area (Å²) < 4.78 is 60.0. The molecule has 1 N–H and O–H groups in total. The molecular weight excluding hydrogens is 569 g/mol. The van der Waals surface area contributed by atoms with E-state index in [1.165, 1.54) is 43.5 Å². The van der Waals surface area contributed by atoms with Gasteiger partial charge in [0.15, 0.2) is 28.9 Å². The number of fused-ring (bicyclic) bond motifs is 1. The monoisotopic (exact) mass is 594 g/mol. The van der Waals surface area contributed by atoms with Crippen LogP contribution in [0.15, 0.2) is 60.8 Å². The fourth-order valence-electron chi connectivity index (χ4n) is 4.66. The van der Waals surface area contributed by atoms with E-state index < -0.39 is 47.0 Å². The molecule has 1 aliphatic heterocycles. The third-order valence-corrected chi connectivity index (χ3v) is 6.85. The molecule has 3 aromatic carbocycles. The molecule has 0 spiro atoms. The molecule has 2 heterocycles. The summed E-state index contributed by atoms with van der Waals surface area (Å²) in [7, 11) is 2.89. The minimum absolute atomic E-state index is 0.0747. The van der Waals surface area contributed by atoms with Crippen molar-refractivity contribution in [3.8, 4) is 23.0 Å². The summed E-state index contributed by atoms with van der Waals surface area (Å²) in [5.74, 6) is -5.89. The van der Waals surface area contributed by atoms with Crippen LogP contribution in [-0.4, -0.2) is 55.0 Å². The molecule has 4 aromatic rings. The molecule has 4 amide bonds. The second-order valence-corrected chi connectivity index (χ2v) is 9.42. The normalized spacial score (nSPS) is 15.1. The minimum Gasteiger partial charge on any atom is -0.493 e. The van der Waals surface area contributed by atoms with Gasteiger partial charge >= 0.3 is 6.03 Å². The number of nitrogens with zero attached hydrogens (tertiary/aromatic N) is 3. The quantitative estimate of drug-likeness (QED) is 0.268. The topological polar surface area (TPSA) is 110 Å². The summed E-state index contributed by atoms with van der Waals surface area (Å²) >= 11 is 0. The van der Waals surface area contributed by atoms with E-state index in [0.717, 1.165) is 29.2 Å². The molecule has 0 radical (unpaired) electrons. The highest BCUT2D eigenvalue weighted by Gasteiger charge is 2.43. The van der Waals surface area contributed by atoms with Crippen molar-refractivity contribution in [3.05, 3.63) is 78.2 Å². The molecule has 1 saturated heterocycles. The highest BCUT2D eigenvalue weighted by Crippen LogP contribution is 2.38. The van der Waals surface area contributed by atoms with E-state index in [9.17, 15) is 18.8 Å². The maximum atomic E-state index is 15.2. The maximum Gasteiger partial charge on any atom is 0.331 e. The highest BCUT2D eigenvalue weighted by atomic mass is 19.1. The van der Waals surface area contributed by atoms with Crippen LogP contribution in [0, 0.1) is 23.4 Å². The van der Waals surface area contributed by atoms with E-state index in [2.05, 4.69) is 10.3 Å². The number of rotatable bonds is 8. The third kappa shape index (κ3) is 5.61. The number of benzene rings is 3. The molecule has 43 heavy (non-hydrogen) atoms. The van der Waals surface area contributed by atoms with Gasteiger partial charge < -0.3 is 24.4 Å². The molecule has 222 valence electrons. The average molecular weight is 595 g/mol. The van der Waals surface area contributed by atoms with Crippen molar-refractivity contribution in [1.82, 2.24) is 9.88 Å². The van der Waals surface area contributed by atoms with Gasteiger partial charge in [-0.05, 0) is 43.3 Å². The van der Waals surface area contributed by atoms with Gasteiger partial charge in [0.05, 0.1) is 25.4 Å². The summed E-state index contributed by atoms with van der Waals surface area (Å²) in [6.07, 6.45) is 1.40. The fraction of sp³-hybridized carbons (Fsp3) is 0.200. The van der Waals surface area contributed by atoms with Crippen LogP contribution >= 0.6 is 0 Å². The Labute approximate surface area is 243 Å². The Morgan fingerprint density at radius 3 is 2.23 bits per heavy atom. The first-order valence-corrected chi connectivity index (χ1v) is 13.0. The number of anilines is 2. The van der Waals surface area contributed by atoms with Crippen LogP contribution in [0.25, 0.3) is 10.9 Å². The molecule has 0 bridgehead atoms. The summed E-state index contributed by atoms with van der Waals surface area (Å²) in [5.41, 5.74) is 0.219. The van der Waals surface area contributed by atoms with Crippen LogP contribution in [0.4, 0.5) is 29.3 Å². The van der Waals surface area contributed by atoms with Crippen LogP contribution in [0.1, 0.15) is 6.92 Å². The van der Waals surface area contributed by atoms with Crippen molar-refractivity contribution < 1.29 is 41.8 Å². The number of halogens is 3. The number of pyridine rings is 1. The van der Waals surface area contributed by atoms with Crippen molar-refractivity contribution in [2.24, 2.45) is 5.92 Å². The molecule has 0 saturated carbocycles. The second kappa shape index (κ2) is 11.9. The molecule has 1 unspecified atom stereocenters. The van der Waals surface area contributed by atoms with E-state index in [1.807, 2.05) is 0 Å². The van der Waals surface area contributed by atoms with E-state index in [0.29, 0.717) is 22.4 Å². The molecule has 1 aliphatic rings. The van der Waals surface area contributed by atoms with Gasteiger partial charge in [0.2, 0.25) is 11.8 Å². The molecule has 1 aromatic heterocycles. The average Bonchev–Trinajstić information content (AvgIpc) is 2.99. The summed E-state index contributed by atoms with van der Waals surface area (Å²) in [4.78, 5) is 45.6. The molecule has 1 fully saturated rings. The van der Waals surface area contributed by atoms with E-state index in [4.69, 9.17) is 14.2 Å². The van der Waals surface area contributed by atoms with Crippen molar-refractivity contribution in [2.75, 3.05) is 37.5 Å². The molecule has 13 heteroatoms. The largest absolute Gasteiger partial charge is 0.493 e. The van der Waals surface area contributed by atoms with Gasteiger partial charge in [0.1, 0.15) is 17.5 Å². The van der Waals surface area contributed by atoms with Gasteiger partial charge in [-0.1, -0.05) is 0 Å². The van der Waals surface area contributed by atoms with Gasteiger partial charge in [-0.25, -0.2) is 22.9 Å². The Balaban J connectivity index is 1.39. The Hall–Kier alpha value is -5.33.